The molecule has 3 aromatic heterocycles. The lowest BCUT2D eigenvalue weighted by Gasteiger charge is -2.11. The number of amides is 1. The van der Waals surface area contributed by atoms with Crippen LogP contribution in [-0.4, -0.2) is 42.5 Å². The normalized spacial score (nSPS) is 10.8. The van der Waals surface area contributed by atoms with Crippen molar-refractivity contribution >= 4 is 11.7 Å². The molecule has 4 rings (SSSR count). The van der Waals surface area contributed by atoms with Crippen LogP contribution in [-0.2, 0) is 11.3 Å². The summed E-state index contributed by atoms with van der Waals surface area (Å²) in [7, 11) is 0. The van der Waals surface area contributed by atoms with E-state index in [-0.39, 0.29) is 18.0 Å². The highest BCUT2D eigenvalue weighted by atomic mass is 19.1. The van der Waals surface area contributed by atoms with E-state index in [1.54, 1.807) is 55.8 Å². The van der Waals surface area contributed by atoms with Gasteiger partial charge >= 0.3 is 0 Å². The maximum atomic E-state index is 14.5. The number of ether oxygens (including phenoxy) is 1. The Morgan fingerprint density at radius 1 is 1.19 bits per heavy atom. The zero-order valence-electron chi connectivity index (χ0n) is 17.5. The van der Waals surface area contributed by atoms with Crippen LogP contribution in [0, 0.1) is 12.7 Å². The van der Waals surface area contributed by atoms with Crippen molar-refractivity contribution in [2.45, 2.75) is 20.5 Å². The maximum absolute atomic E-state index is 14.5. The fraction of sp³-hybridized carbons (Fsp3) is 0.182. The van der Waals surface area contributed by atoms with Gasteiger partial charge in [-0.1, -0.05) is 17.3 Å². The standard InChI is InChI=1S/C22H20FN7O2/c1-3-32-13-16-12-25-14(2)26-21(16)27-22(31)19-20(15-8-10-24-11-9-15)30(29-28-19)18-7-5-4-6-17(18)23/h4-12H,3,13H2,1-2H3,(H,25,26,27,31). The number of aryl methyl sites for hydroxylation is 1. The van der Waals surface area contributed by atoms with Gasteiger partial charge in [0, 0.05) is 36.3 Å². The Hall–Kier alpha value is -4.05. The number of halogens is 1. The van der Waals surface area contributed by atoms with Gasteiger partial charge in [0.05, 0.1) is 6.61 Å². The monoisotopic (exact) mass is 433 g/mol. The number of carbonyl (C=O) groups excluding carboxylic acids is 1. The Morgan fingerprint density at radius 2 is 1.97 bits per heavy atom. The van der Waals surface area contributed by atoms with Crippen LogP contribution < -0.4 is 5.32 Å². The molecule has 4 aromatic rings. The van der Waals surface area contributed by atoms with Gasteiger partial charge in [0.2, 0.25) is 0 Å². The van der Waals surface area contributed by atoms with E-state index in [4.69, 9.17) is 4.74 Å². The zero-order chi connectivity index (χ0) is 22.5. The fourth-order valence-corrected chi connectivity index (χ4v) is 3.08. The third-order valence-electron chi connectivity index (χ3n) is 4.60. The van der Waals surface area contributed by atoms with Crippen molar-refractivity contribution in [1.29, 1.82) is 0 Å². The SMILES string of the molecule is CCOCc1cnc(C)nc1NC(=O)c1nnn(-c2ccccc2F)c1-c1ccncc1. The smallest absolute Gasteiger partial charge is 0.279 e. The minimum Gasteiger partial charge on any atom is -0.377 e. The van der Waals surface area contributed by atoms with E-state index in [1.807, 2.05) is 6.92 Å². The van der Waals surface area contributed by atoms with Gasteiger partial charge in [-0.05, 0) is 38.1 Å². The first-order valence-corrected chi connectivity index (χ1v) is 9.91. The molecule has 0 aliphatic carbocycles. The summed E-state index contributed by atoms with van der Waals surface area (Å²) < 4.78 is 21.3. The number of pyridine rings is 1. The van der Waals surface area contributed by atoms with Crippen LogP contribution in [0.1, 0.15) is 28.8 Å². The molecule has 0 saturated carbocycles. The molecule has 0 spiro atoms. The van der Waals surface area contributed by atoms with Gasteiger partial charge in [0.25, 0.3) is 5.91 Å². The van der Waals surface area contributed by atoms with Crippen LogP contribution in [0.5, 0.6) is 0 Å². The molecule has 0 aliphatic rings. The number of nitrogens with one attached hydrogen (secondary N) is 1. The Morgan fingerprint density at radius 3 is 2.72 bits per heavy atom. The Labute approximate surface area is 183 Å². The van der Waals surface area contributed by atoms with E-state index >= 15 is 0 Å². The van der Waals surface area contributed by atoms with Crippen molar-refractivity contribution in [2.24, 2.45) is 0 Å². The molecule has 32 heavy (non-hydrogen) atoms. The largest absolute Gasteiger partial charge is 0.377 e. The molecule has 3 heterocycles. The number of hydrogen-bond donors (Lipinski definition) is 1. The molecule has 162 valence electrons. The second-order valence-corrected chi connectivity index (χ2v) is 6.77. The highest BCUT2D eigenvalue weighted by Gasteiger charge is 2.24. The summed E-state index contributed by atoms with van der Waals surface area (Å²) in [5, 5.41) is 10.9. The molecule has 1 aromatic carbocycles. The average molecular weight is 433 g/mol. The van der Waals surface area contributed by atoms with E-state index in [2.05, 4.69) is 30.6 Å². The van der Waals surface area contributed by atoms with E-state index < -0.39 is 11.7 Å². The minimum absolute atomic E-state index is 0.0121. The second kappa shape index (κ2) is 9.40. The van der Waals surface area contributed by atoms with Gasteiger partial charge < -0.3 is 10.1 Å². The van der Waals surface area contributed by atoms with Gasteiger partial charge in [0.15, 0.2) is 5.69 Å². The number of anilines is 1. The molecule has 0 atom stereocenters. The summed E-state index contributed by atoms with van der Waals surface area (Å²) in [6, 6.07) is 9.53. The zero-order valence-corrected chi connectivity index (χ0v) is 17.5. The molecule has 9 nitrogen and oxygen atoms in total. The first-order chi connectivity index (χ1) is 15.6. The number of para-hydroxylation sites is 1. The molecular weight excluding hydrogens is 413 g/mol. The number of aromatic nitrogens is 6. The number of hydrogen-bond acceptors (Lipinski definition) is 7. The first kappa shape index (κ1) is 21.2. The van der Waals surface area contributed by atoms with Crippen molar-refractivity contribution in [2.75, 3.05) is 11.9 Å². The molecule has 10 heteroatoms. The van der Waals surface area contributed by atoms with Gasteiger partial charge in [-0.2, -0.15) is 0 Å². The third kappa shape index (κ3) is 4.35. The molecule has 0 aliphatic heterocycles. The number of carbonyl (C=O) groups is 1. The summed E-state index contributed by atoms with van der Waals surface area (Å²) in [5.74, 6) is -0.234. The predicted molar refractivity (Wildman–Crippen MR) is 115 cm³/mol. The van der Waals surface area contributed by atoms with Crippen LogP contribution in [0.3, 0.4) is 0 Å². The van der Waals surface area contributed by atoms with E-state index in [0.29, 0.717) is 35.1 Å². The molecular formula is C22H20FN7O2. The molecule has 0 fully saturated rings. The van der Waals surface area contributed by atoms with Crippen LogP contribution in [0.2, 0.25) is 0 Å². The Kier molecular flexibility index (Phi) is 6.22. The summed E-state index contributed by atoms with van der Waals surface area (Å²) in [6.07, 6.45) is 4.75. The fourth-order valence-electron chi connectivity index (χ4n) is 3.08. The predicted octanol–water partition coefficient (Wildman–Crippen LogP) is 3.36. The van der Waals surface area contributed by atoms with Crippen molar-refractivity contribution in [3.05, 3.63) is 77.9 Å². The van der Waals surface area contributed by atoms with E-state index in [9.17, 15) is 9.18 Å². The van der Waals surface area contributed by atoms with Crippen molar-refractivity contribution in [3.8, 4) is 16.9 Å². The van der Waals surface area contributed by atoms with Crippen LogP contribution in [0.25, 0.3) is 16.9 Å². The number of benzene rings is 1. The van der Waals surface area contributed by atoms with Gasteiger partial charge in [-0.25, -0.2) is 19.0 Å². The van der Waals surface area contributed by atoms with Gasteiger partial charge in [-0.3, -0.25) is 9.78 Å². The van der Waals surface area contributed by atoms with Crippen molar-refractivity contribution < 1.29 is 13.9 Å². The van der Waals surface area contributed by atoms with Gasteiger partial charge in [-0.15, -0.1) is 5.10 Å². The summed E-state index contributed by atoms with van der Waals surface area (Å²) in [4.78, 5) is 25.7. The summed E-state index contributed by atoms with van der Waals surface area (Å²) >= 11 is 0. The summed E-state index contributed by atoms with van der Waals surface area (Å²) in [6.45, 7) is 4.34. The van der Waals surface area contributed by atoms with Crippen molar-refractivity contribution in [3.63, 3.8) is 0 Å². The van der Waals surface area contributed by atoms with Crippen LogP contribution in [0.15, 0.2) is 55.0 Å². The van der Waals surface area contributed by atoms with Gasteiger partial charge in [0.1, 0.15) is 28.8 Å². The summed E-state index contributed by atoms with van der Waals surface area (Å²) in [5.41, 5.74) is 1.73. The quantitative estimate of drug-likeness (QED) is 0.476. The second-order valence-electron chi connectivity index (χ2n) is 6.77. The van der Waals surface area contributed by atoms with E-state index in [1.165, 1.54) is 10.7 Å². The van der Waals surface area contributed by atoms with Crippen LogP contribution in [0.4, 0.5) is 10.2 Å². The first-order valence-electron chi connectivity index (χ1n) is 9.91. The lowest BCUT2D eigenvalue weighted by Crippen LogP contribution is -2.17. The lowest BCUT2D eigenvalue weighted by atomic mass is 10.1. The molecule has 0 saturated heterocycles. The lowest BCUT2D eigenvalue weighted by molar-refractivity contribution is 0.102. The molecule has 0 bridgehead atoms. The molecule has 1 N–H and O–H groups in total. The Balaban J connectivity index is 1.77. The van der Waals surface area contributed by atoms with E-state index in [0.717, 1.165) is 0 Å². The Bertz CT molecular complexity index is 1240. The molecule has 0 unspecified atom stereocenters. The number of nitrogens with zero attached hydrogens (tertiary/aromatic N) is 6. The van der Waals surface area contributed by atoms with Crippen molar-refractivity contribution in [1.82, 2.24) is 29.9 Å². The average Bonchev–Trinajstić information content (AvgIpc) is 3.24. The third-order valence-corrected chi connectivity index (χ3v) is 4.60. The minimum atomic E-state index is -0.546. The highest BCUT2D eigenvalue weighted by Crippen LogP contribution is 2.27. The maximum Gasteiger partial charge on any atom is 0.279 e. The topological polar surface area (TPSA) is 108 Å². The molecule has 0 radical (unpaired) electrons. The molecule has 1 amide bonds. The number of rotatable bonds is 7. The van der Waals surface area contributed by atoms with Crippen LogP contribution >= 0.6 is 0 Å². The highest BCUT2D eigenvalue weighted by molar-refractivity contribution is 6.06.